The van der Waals surface area contributed by atoms with Gasteiger partial charge in [0.15, 0.2) is 0 Å². The maximum atomic E-state index is 10.7. The molecule has 3 N–H and O–H groups in total. The Labute approximate surface area is 77.0 Å². The van der Waals surface area contributed by atoms with E-state index in [-0.39, 0.29) is 0 Å². The van der Waals surface area contributed by atoms with Gasteiger partial charge in [0, 0.05) is 19.2 Å². The van der Waals surface area contributed by atoms with Gasteiger partial charge in [0.25, 0.3) is 0 Å². The van der Waals surface area contributed by atoms with Crippen molar-refractivity contribution in [2.24, 2.45) is 12.8 Å². The first-order valence-electron chi connectivity index (χ1n) is 4.16. The summed E-state index contributed by atoms with van der Waals surface area (Å²) < 4.78 is 1.69. The van der Waals surface area contributed by atoms with E-state index in [4.69, 9.17) is 10.8 Å². The van der Waals surface area contributed by atoms with Crippen LogP contribution in [0.1, 0.15) is 21.7 Å². The molecular weight excluding hydrogens is 168 g/mol. The molecule has 1 aromatic heterocycles. The number of carboxylic acids is 1. The van der Waals surface area contributed by atoms with Crippen molar-refractivity contribution in [1.29, 1.82) is 0 Å². The van der Waals surface area contributed by atoms with E-state index in [1.807, 2.05) is 6.92 Å². The summed E-state index contributed by atoms with van der Waals surface area (Å²) in [5.41, 5.74) is 7.73. The number of hydrogen-bond donors (Lipinski definition) is 2. The molecule has 13 heavy (non-hydrogen) atoms. The first kappa shape index (κ1) is 9.80. The fourth-order valence-electron chi connectivity index (χ4n) is 1.50. The van der Waals surface area contributed by atoms with E-state index < -0.39 is 5.97 Å². The van der Waals surface area contributed by atoms with Crippen LogP contribution in [0.3, 0.4) is 0 Å². The lowest BCUT2D eigenvalue weighted by Gasteiger charge is -2.04. The van der Waals surface area contributed by atoms with Gasteiger partial charge in [0.1, 0.15) is 5.69 Å². The molecule has 0 aliphatic heterocycles. The van der Waals surface area contributed by atoms with E-state index in [9.17, 15) is 4.79 Å². The number of aryl methyl sites for hydroxylation is 1. The van der Waals surface area contributed by atoms with Gasteiger partial charge in [-0.1, -0.05) is 0 Å². The standard InChI is InChI=1S/C9H14N2O2/c1-6-5-8(9(12)13)11(2)7(6)3-4-10/h5H,3-4,10H2,1-2H3,(H,12,13). The third-order valence-electron chi connectivity index (χ3n) is 2.17. The van der Waals surface area contributed by atoms with E-state index in [2.05, 4.69) is 0 Å². The van der Waals surface area contributed by atoms with Gasteiger partial charge in [-0.25, -0.2) is 4.79 Å². The summed E-state index contributed by atoms with van der Waals surface area (Å²) in [6.45, 7) is 2.44. The number of aromatic nitrogens is 1. The first-order valence-corrected chi connectivity index (χ1v) is 4.16. The minimum atomic E-state index is -0.895. The zero-order chi connectivity index (χ0) is 10.0. The summed E-state index contributed by atoms with van der Waals surface area (Å²) in [5, 5.41) is 8.82. The molecule has 0 aliphatic rings. The van der Waals surface area contributed by atoms with Crippen molar-refractivity contribution in [3.8, 4) is 0 Å². The highest BCUT2D eigenvalue weighted by Gasteiger charge is 2.13. The molecule has 1 rings (SSSR count). The van der Waals surface area contributed by atoms with E-state index in [0.717, 1.165) is 17.7 Å². The average molecular weight is 182 g/mol. The third kappa shape index (κ3) is 1.72. The molecule has 0 amide bonds. The molecule has 0 saturated carbocycles. The predicted octanol–water partition coefficient (Wildman–Crippen LogP) is 0.533. The van der Waals surface area contributed by atoms with Crippen LogP contribution in [-0.2, 0) is 13.5 Å². The summed E-state index contributed by atoms with van der Waals surface area (Å²) in [5.74, 6) is -0.895. The number of aromatic carboxylic acids is 1. The Balaban J connectivity index is 3.14. The molecule has 0 bridgehead atoms. The van der Waals surface area contributed by atoms with Crippen LogP contribution in [0.15, 0.2) is 6.07 Å². The Hall–Kier alpha value is -1.29. The van der Waals surface area contributed by atoms with Crippen molar-refractivity contribution in [2.45, 2.75) is 13.3 Å². The number of nitrogens with two attached hydrogens (primary N) is 1. The zero-order valence-corrected chi connectivity index (χ0v) is 7.87. The summed E-state index contributed by atoms with van der Waals surface area (Å²) in [4.78, 5) is 10.7. The van der Waals surface area contributed by atoms with Crippen LogP contribution in [-0.4, -0.2) is 22.2 Å². The Morgan fingerprint density at radius 1 is 1.69 bits per heavy atom. The van der Waals surface area contributed by atoms with Crippen LogP contribution >= 0.6 is 0 Å². The van der Waals surface area contributed by atoms with E-state index in [1.54, 1.807) is 17.7 Å². The quantitative estimate of drug-likeness (QED) is 0.716. The largest absolute Gasteiger partial charge is 0.477 e. The molecule has 0 spiro atoms. The van der Waals surface area contributed by atoms with Gasteiger partial charge in [-0.15, -0.1) is 0 Å². The number of rotatable bonds is 3. The second-order valence-corrected chi connectivity index (χ2v) is 3.06. The van der Waals surface area contributed by atoms with Gasteiger partial charge < -0.3 is 15.4 Å². The summed E-state index contributed by atoms with van der Waals surface area (Å²) >= 11 is 0. The summed E-state index contributed by atoms with van der Waals surface area (Å²) in [7, 11) is 1.75. The lowest BCUT2D eigenvalue weighted by Crippen LogP contribution is -2.11. The van der Waals surface area contributed by atoms with Gasteiger partial charge in [-0.3, -0.25) is 0 Å². The molecule has 0 radical (unpaired) electrons. The van der Waals surface area contributed by atoms with Crippen LogP contribution < -0.4 is 5.73 Å². The predicted molar refractivity (Wildman–Crippen MR) is 49.9 cm³/mol. The molecule has 0 saturated heterocycles. The normalized spacial score (nSPS) is 10.4. The van der Waals surface area contributed by atoms with Gasteiger partial charge in [0.05, 0.1) is 0 Å². The maximum Gasteiger partial charge on any atom is 0.352 e. The monoisotopic (exact) mass is 182 g/mol. The van der Waals surface area contributed by atoms with E-state index >= 15 is 0 Å². The van der Waals surface area contributed by atoms with E-state index in [1.165, 1.54) is 0 Å². The van der Waals surface area contributed by atoms with Crippen molar-refractivity contribution in [1.82, 2.24) is 4.57 Å². The average Bonchev–Trinajstić information content (AvgIpc) is 2.32. The summed E-state index contributed by atoms with van der Waals surface area (Å²) in [6.07, 6.45) is 0.718. The third-order valence-corrected chi connectivity index (χ3v) is 2.17. The lowest BCUT2D eigenvalue weighted by molar-refractivity contribution is 0.0686. The fraction of sp³-hybridized carbons (Fsp3) is 0.444. The van der Waals surface area contributed by atoms with Crippen molar-refractivity contribution in [3.05, 3.63) is 23.0 Å². The Bertz CT molecular complexity index is 329. The van der Waals surface area contributed by atoms with Crippen molar-refractivity contribution in [3.63, 3.8) is 0 Å². The highest BCUT2D eigenvalue weighted by Crippen LogP contribution is 2.14. The second-order valence-electron chi connectivity index (χ2n) is 3.06. The number of carboxylic acid groups (broad SMARTS) is 1. The van der Waals surface area contributed by atoms with Gasteiger partial charge in [-0.05, 0) is 25.1 Å². The van der Waals surface area contributed by atoms with Crippen LogP contribution in [0, 0.1) is 6.92 Å². The van der Waals surface area contributed by atoms with Gasteiger partial charge in [-0.2, -0.15) is 0 Å². The fourth-order valence-corrected chi connectivity index (χ4v) is 1.50. The molecule has 0 aromatic carbocycles. The first-order chi connectivity index (χ1) is 6.07. The second kappa shape index (κ2) is 3.62. The van der Waals surface area contributed by atoms with Crippen LogP contribution in [0.2, 0.25) is 0 Å². The highest BCUT2D eigenvalue weighted by atomic mass is 16.4. The number of nitrogens with zero attached hydrogens (tertiary/aromatic N) is 1. The van der Waals surface area contributed by atoms with Crippen LogP contribution in [0.25, 0.3) is 0 Å². The summed E-state index contributed by atoms with van der Waals surface area (Å²) in [6, 6.07) is 1.67. The molecule has 4 heteroatoms. The zero-order valence-electron chi connectivity index (χ0n) is 7.87. The highest BCUT2D eigenvalue weighted by molar-refractivity contribution is 5.86. The molecule has 1 heterocycles. The maximum absolute atomic E-state index is 10.7. The lowest BCUT2D eigenvalue weighted by atomic mass is 10.2. The molecule has 1 aromatic rings. The molecule has 0 unspecified atom stereocenters. The van der Waals surface area contributed by atoms with Crippen molar-refractivity contribution in [2.75, 3.05) is 6.54 Å². The Morgan fingerprint density at radius 2 is 2.31 bits per heavy atom. The van der Waals surface area contributed by atoms with Crippen molar-refractivity contribution >= 4 is 5.97 Å². The topological polar surface area (TPSA) is 68.2 Å². The molecule has 72 valence electrons. The minimum absolute atomic E-state index is 0.320. The van der Waals surface area contributed by atoms with E-state index in [0.29, 0.717) is 12.2 Å². The minimum Gasteiger partial charge on any atom is -0.477 e. The molecular formula is C9H14N2O2. The van der Waals surface area contributed by atoms with Gasteiger partial charge in [0.2, 0.25) is 0 Å². The number of hydrogen-bond acceptors (Lipinski definition) is 2. The van der Waals surface area contributed by atoms with Gasteiger partial charge >= 0.3 is 5.97 Å². The molecule has 4 nitrogen and oxygen atoms in total. The van der Waals surface area contributed by atoms with Crippen LogP contribution in [0.4, 0.5) is 0 Å². The molecule has 0 atom stereocenters. The number of carbonyl (C=O) groups is 1. The molecule has 0 fully saturated rings. The molecule has 0 aliphatic carbocycles. The Kier molecular flexibility index (Phi) is 2.72. The Morgan fingerprint density at radius 3 is 2.69 bits per heavy atom. The SMILES string of the molecule is Cc1cc(C(=O)O)n(C)c1CCN. The van der Waals surface area contributed by atoms with Crippen molar-refractivity contribution < 1.29 is 9.90 Å². The van der Waals surface area contributed by atoms with Crippen LogP contribution in [0.5, 0.6) is 0 Å². The smallest absolute Gasteiger partial charge is 0.352 e.